The highest BCUT2D eigenvalue weighted by molar-refractivity contribution is 7.89. The minimum Gasteiger partial charge on any atom is -0.506 e. The van der Waals surface area contributed by atoms with Gasteiger partial charge in [0.2, 0.25) is 10.0 Å². The van der Waals surface area contributed by atoms with Crippen LogP contribution in [0.4, 0.5) is 0 Å². The Balaban J connectivity index is 1.56. The highest BCUT2D eigenvalue weighted by Gasteiger charge is 2.33. The molecular formula is C21H20N2O4S. The Morgan fingerprint density at radius 2 is 1.71 bits per heavy atom. The van der Waals surface area contributed by atoms with Crippen LogP contribution in [0.5, 0.6) is 5.75 Å². The van der Waals surface area contributed by atoms with Crippen LogP contribution in [0, 0.1) is 5.92 Å². The van der Waals surface area contributed by atoms with E-state index in [2.05, 4.69) is 4.98 Å². The third-order valence-corrected chi connectivity index (χ3v) is 7.17. The molecule has 0 atom stereocenters. The molecule has 1 aliphatic rings. The summed E-state index contributed by atoms with van der Waals surface area (Å²) in [7, 11) is -3.75. The lowest BCUT2D eigenvalue weighted by Gasteiger charge is -2.30. The summed E-state index contributed by atoms with van der Waals surface area (Å²) in [6.45, 7) is 0.572. The number of nitrogens with zero attached hydrogens (tertiary/aromatic N) is 2. The molecule has 1 N–H and O–H groups in total. The number of ketones is 1. The summed E-state index contributed by atoms with van der Waals surface area (Å²) in [4.78, 5) is 16.9. The highest BCUT2D eigenvalue weighted by atomic mass is 32.2. The molecule has 1 aromatic heterocycles. The lowest BCUT2D eigenvalue weighted by atomic mass is 9.90. The number of phenolic OH excluding ortho intramolecular Hbond substituents is 1. The second kappa shape index (κ2) is 7.33. The van der Waals surface area contributed by atoms with Crippen molar-refractivity contribution in [3.63, 3.8) is 0 Å². The summed E-state index contributed by atoms with van der Waals surface area (Å²) < 4.78 is 27.8. The molecule has 144 valence electrons. The number of Topliss-reactive ketones (excluding diaryl/α,β-unsaturated/α-hetero) is 1. The van der Waals surface area contributed by atoms with Gasteiger partial charge in [-0.15, -0.1) is 0 Å². The van der Waals surface area contributed by atoms with E-state index in [1.54, 1.807) is 24.3 Å². The first-order valence-corrected chi connectivity index (χ1v) is 10.6. The van der Waals surface area contributed by atoms with Crippen LogP contribution in [0.2, 0.25) is 0 Å². The van der Waals surface area contributed by atoms with Gasteiger partial charge >= 0.3 is 0 Å². The van der Waals surface area contributed by atoms with Crippen molar-refractivity contribution in [2.75, 3.05) is 13.1 Å². The maximum atomic E-state index is 13.2. The van der Waals surface area contributed by atoms with Gasteiger partial charge in [0.25, 0.3) is 0 Å². The van der Waals surface area contributed by atoms with Gasteiger partial charge in [-0.25, -0.2) is 8.42 Å². The van der Waals surface area contributed by atoms with Crippen LogP contribution in [0.25, 0.3) is 10.9 Å². The lowest BCUT2D eigenvalue weighted by Crippen LogP contribution is -2.40. The first-order chi connectivity index (χ1) is 13.5. The topological polar surface area (TPSA) is 87.6 Å². The van der Waals surface area contributed by atoms with E-state index in [4.69, 9.17) is 0 Å². The molecule has 6 nitrogen and oxygen atoms in total. The summed E-state index contributed by atoms with van der Waals surface area (Å²) in [5, 5.41) is 10.4. The van der Waals surface area contributed by atoms with Gasteiger partial charge in [-0.3, -0.25) is 9.78 Å². The fourth-order valence-corrected chi connectivity index (χ4v) is 5.34. The van der Waals surface area contributed by atoms with Crippen molar-refractivity contribution in [1.29, 1.82) is 0 Å². The second-order valence-corrected chi connectivity index (χ2v) is 8.80. The maximum Gasteiger partial charge on any atom is 0.243 e. The van der Waals surface area contributed by atoms with Gasteiger partial charge in [0.1, 0.15) is 11.3 Å². The predicted molar refractivity (Wildman–Crippen MR) is 106 cm³/mol. The van der Waals surface area contributed by atoms with Crippen LogP contribution in [0.3, 0.4) is 0 Å². The van der Waals surface area contributed by atoms with Gasteiger partial charge in [0.15, 0.2) is 5.78 Å². The molecule has 0 radical (unpaired) electrons. The van der Waals surface area contributed by atoms with Crippen LogP contribution in [0.15, 0.2) is 65.7 Å². The van der Waals surface area contributed by atoms with Crippen LogP contribution >= 0.6 is 0 Å². The third kappa shape index (κ3) is 3.27. The molecule has 0 spiro atoms. The fourth-order valence-electron chi connectivity index (χ4n) is 3.69. The van der Waals surface area contributed by atoms with Crippen molar-refractivity contribution in [2.45, 2.75) is 17.7 Å². The lowest BCUT2D eigenvalue weighted by molar-refractivity contribution is 0.0875. The number of carbonyl (C=O) groups is 1. The third-order valence-electron chi connectivity index (χ3n) is 5.21. The standard InChI is InChI=1S/C21H20N2O4S/c24-18-8-9-19(17-7-4-12-22-20(17)18)28(26,27)23-13-10-16(11-14-23)21(25)15-5-2-1-3-6-15/h1-9,12,16,24H,10-11,13-14H2. The smallest absolute Gasteiger partial charge is 0.243 e. The van der Waals surface area contributed by atoms with E-state index in [0.717, 1.165) is 0 Å². The zero-order chi connectivity index (χ0) is 19.7. The molecule has 0 amide bonds. The number of pyridine rings is 1. The van der Waals surface area contributed by atoms with E-state index >= 15 is 0 Å². The summed E-state index contributed by atoms with van der Waals surface area (Å²) in [5.41, 5.74) is 0.928. The highest BCUT2D eigenvalue weighted by Crippen LogP contribution is 2.32. The second-order valence-electron chi connectivity index (χ2n) is 6.89. The number of aromatic hydroxyl groups is 1. The Bertz CT molecular complexity index is 1120. The van der Waals surface area contributed by atoms with E-state index in [1.807, 2.05) is 18.2 Å². The molecular weight excluding hydrogens is 376 g/mol. The molecule has 0 unspecified atom stereocenters. The zero-order valence-electron chi connectivity index (χ0n) is 15.2. The molecule has 28 heavy (non-hydrogen) atoms. The zero-order valence-corrected chi connectivity index (χ0v) is 16.0. The van der Waals surface area contributed by atoms with E-state index in [-0.39, 0.29) is 41.0 Å². The summed E-state index contributed by atoms with van der Waals surface area (Å²) in [6.07, 6.45) is 2.49. The van der Waals surface area contributed by atoms with Crippen molar-refractivity contribution in [3.05, 3.63) is 66.4 Å². The van der Waals surface area contributed by atoms with Crippen molar-refractivity contribution in [2.24, 2.45) is 5.92 Å². The monoisotopic (exact) mass is 396 g/mol. The van der Waals surface area contributed by atoms with Crippen LogP contribution < -0.4 is 0 Å². The Morgan fingerprint density at radius 3 is 2.43 bits per heavy atom. The molecule has 1 saturated heterocycles. The van der Waals surface area contributed by atoms with Crippen LogP contribution in [-0.4, -0.2) is 41.7 Å². The Labute approximate surface area is 163 Å². The number of hydrogen-bond acceptors (Lipinski definition) is 5. The molecule has 3 aromatic rings. The molecule has 2 heterocycles. The summed E-state index contributed by atoms with van der Waals surface area (Å²) in [6, 6.07) is 15.2. The van der Waals surface area contributed by atoms with Crippen molar-refractivity contribution in [3.8, 4) is 5.75 Å². The number of sulfonamides is 1. The number of fused-ring (bicyclic) bond motifs is 1. The van der Waals surface area contributed by atoms with Gasteiger partial charge in [0, 0.05) is 36.2 Å². The first-order valence-electron chi connectivity index (χ1n) is 9.14. The Hall–Kier alpha value is -2.77. The van der Waals surface area contributed by atoms with Gasteiger partial charge in [0.05, 0.1) is 4.90 Å². The molecule has 7 heteroatoms. The van der Waals surface area contributed by atoms with Crippen LogP contribution in [-0.2, 0) is 10.0 Å². The average molecular weight is 396 g/mol. The number of carbonyl (C=O) groups excluding carboxylic acids is 1. The number of aromatic nitrogens is 1. The number of benzene rings is 2. The minimum absolute atomic E-state index is 0.0540. The van der Waals surface area contributed by atoms with Gasteiger partial charge in [-0.05, 0) is 37.1 Å². The summed E-state index contributed by atoms with van der Waals surface area (Å²) in [5.74, 6) is -0.161. The predicted octanol–water partition coefficient (Wildman–Crippen LogP) is 3.22. The minimum atomic E-state index is -3.75. The Morgan fingerprint density at radius 1 is 1.00 bits per heavy atom. The van der Waals surface area contributed by atoms with E-state index in [9.17, 15) is 18.3 Å². The van der Waals surface area contributed by atoms with E-state index in [1.165, 1.54) is 22.6 Å². The largest absolute Gasteiger partial charge is 0.506 e. The van der Waals surface area contributed by atoms with Gasteiger partial charge < -0.3 is 5.11 Å². The quantitative estimate of drug-likeness (QED) is 0.684. The number of rotatable bonds is 4. The van der Waals surface area contributed by atoms with Crippen molar-refractivity contribution >= 4 is 26.7 Å². The molecule has 1 aliphatic heterocycles. The SMILES string of the molecule is O=C(c1ccccc1)C1CCN(S(=O)(=O)c2ccc(O)c3ncccc23)CC1. The van der Waals surface area contributed by atoms with Gasteiger partial charge in [-0.2, -0.15) is 4.31 Å². The van der Waals surface area contributed by atoms with Crippen molar-refractivity contribution in [1.82, 2.24) is 9.29 Å². The number of piperidine rings is 1. The first kappa shape index (κ1) is 18.6. The number of phenols is 1. The van der Waals surface area contributed by atoms with E-state index in [0.29, 0.717) is 23.8 Å². The average Bonchev–Trinajstić information content (AvgIpc) is 2.74. The molecule has 4 rings (SSSR count). The molecule has 0 aliphatic carbocycles. The van der Waals surface area contributed by atoms with Crippen LogP contribution in [0.1, 0.15) is 23.2 Å². The fraction of sp³-hybridized carbons (Fsp3) is 0.238. The van der Waals surface area contributed by atoms with E-state index < -0.39 is 10.0 Å². The van der Waals surface area contributed by atoms with Crippen molar-refractivity contribution < 1.29 is 18.3 Å². The molecule has 1 fully saturated rings. The molecule has 2 aromatic carbocycles. The maximum absolute atomic E-state index is 13.2. The normalized spacial score (nSPS) is 16.3. The molecule has 0 saturated carbocycles. The van der Waals surface area contributed by atoms with Gasteiger partial charge in [-0.1, -0.05) is 30.3 Å². The summed E-state index contributed by atoms with van der Waals surface area (Å²) >= 11 is 0. The Kier molecular flexibility index (Phi) is 4.87. The number of hydrogen-bond donors (Lipinski definition) is 1. The molecule has 0 bridgehead atoms.